The predicted octanol–water partition coefficient (Wildman–Crippen LogP) is 3.27. The molecule has 0 saturated heterocycles. The number of aliphatic hydroxyl groups is 1. The summed E-state index contributed by atoms with van der Waals surface area (Å²) < 4.78 is 27.8. The Hall–Kier alpha value is -1.69. The van der Waals surface area contributed by atoms with Crippen LogP contribution < -0.4 is 4.72 Å². The maximum absolute atomic E-state index is 12.6. The first-order chi connectivity index (χ1) is 11.6. The van der Waals surface area contributed by atoms with Crippen molar-refractivity contribution in [2.24, 2.45) is 0 Å². The van der Waals surface area contributed by atoms with Gasteiger partial charge in [0.05, 0.1) is 10.5 Å². The van der Waals surface area contributed by atoms with Crippen molar-refractivity contribution in [2.75, 3.05) is 6.54 Å². The summed E-state index contributed by atoms with van der Waals surface area (Å²) in [5.41, 5.74) is 2.71. The molecule has 0 aliphatic rings. The smallest absolute Gasteiger partial charge is 0.240 e. The van der Waals surface area contributed by atoms with Gasteiger partial charge in [0, 0.05) is 6.54 Å². The molecule has 0 bridgehead atoms. The first-order valence-electron chi connectivity index (χ1n) is 8.44. The molecule has 2 N–H and O–H groups in total. The van der Waals surface area contributed by atoms with Crippen molar-refractivity contribution in [2.45, 2.75) is 51.0 Å². The SMILES string of the molecule is Cc1cc(C)c(S(=O)(=O)NCC(C)(O)CCc2ccccc2)cc1C. The van der Waals surface area contributed by atoms with Gasteiger partial charge in [0.1, 0.15) is 0 Å². The highest BCUT2D eigenvalue weighted by molar-refractivity contribution is 7.89. The maximum Gasteiger partial charge on any atom is 0.240 e. The van der Waals surface area contributed by atoms with Gasteiger partial charge in [-0.1, -0.05) is 36.4 Å². The molecule has 2 aromatic carbocycles. The average Bonchev–Trinajstić information content (AvgIpc) is 2.56. The lowest BCUT2D eigenvalue weighted by Crippen LogP contribution is -2.41. The van der Waals surface area contributed by atoms with Crippen molar-refractivity contribution < 1.29 is 13.5 Å². The predicted molar refractivity (Wildman–Crippen MR) is 101 cm³/mol. The van der Waals surface area contributed by atoms with Gasteiger partial charge in [-0.05, 0) is 68.9 Å². The third-order valence-corrected chi connectivity index (χ3v) is 6.06. The van der Waals surface area contributed by atoms with Gasteiger partial charge in [-0.25, -0.2) is 13.1 Å². The van der Waals surface area contributed by atoms with Crippen LogP contribution >= 0.6 is 0 Å². The van der Waals surface area contributed by atoms with E-state index < -0.39 is 15.6 Å². The highest BCUT2D eigenvalue weighted by Gasteiger charge is 2.25. The molecule has 0 fully saturated rings. The first-order valence-corrected chi connectivity index (χ1v) is 9.93. The summed E-state index contributed by atoms with van der Waals surface area (Å²) in [6.45, 7) is 7.28. The van der Waals surface area contributed by atoms with E-state index in [1.165, 1.54) is 0 Å². The summed E-state index contributed by atoms with van der Waals surface area (Å²) in [4.78, 5) is 0.273. The fourth-order valence-corrected chi connectivity index (χ4v) is 4.17. The number of rotatable bonds is 7. The lowest BCUT2D eigenvalue weighted by atomic mass is 9.97. The van der Waals surface area contributed by atoms with Crippen molar-refractivity contribution in [3.05, 3.63) is 64.7 Å². The van der Waals surface area contributed by atoms with Gasteiger partial charge in [0.15, 0.2) is 0 Å². The first kappa shape index (κ1) is 19.6. The molecular weight excluding hydrogens is 334 g/mol. The van der Waals surface area contributed by atoms with E-state index in [9.17, 15) is 13.5 Å². The number of hydrogen-bond acceptors (Lipinski definition) is 3. The van der Waals surface area contributed by atoms with Crippen LogP contribution in [0.2, 0.25) is 0 Å². The van der Waals surface area contributed by atoms with Crippen LogP contribution in [0.15, 0.2) is 47.4 Å². The third kappa shape index (κ3) is 5.39. The zero-order chi connectivity index (χ0) is 18.7. The molecule has 2 aromatic rings. The van der Waals surface area contributed by atoms with Gasteiger partial charge in [-0.2, -0.15) is 0 Å². The number of hydrogen-bond donors (Lipinski definition) is 2. The van der Waals surface area contributed by atoms with Crippen molar-refractivity contribution in [1.82, 2.24) is 4.72 Å². The molecule has 1 atom stereocenters. The lowest BCUT2D eigenvalue weighted by Gasteiger charge is -2.24. The van der Waals surface area contributed by atoms with Crippen molar-refractivity contribution in [3.8, 4) is 0 Å². The minimum atomic E-state index is -3.66. The second kappa shape index (κ2) is 7.68. The second-order valence-electron chi connectivity index (χ2n) is 7.01. The average molecular weight is 362 g/mol. The zero-order valence-electron chi connectivity index (χ0n) is 15.3. The molecule has 4 nitrogen and oxygen atoms in total. The molecule has 0 amide bonds. The molecule has 0 saturated carbocycles. The van der Waals surface area contributed by atoms with Crippen LogP contribution in [0, 0.1) is 20.8 Å². The van der Waals surface area contributed by atoms with Gasteiger partial charge >= 0.3 is 0 Å². The van der Waals surface area contributed by atoms with Crippen LogP contribution in [-0.4, -0.2) is 25.7 Å². The third-order valence-electron chi connectivity index (χ3n) is 4.52. The molecule has 0 aliphatic carbocycles. The fourth-order valence-electron chi connectivity index (χ4n) is 2.70. The van der Waals surface area contributed by atoms with Crippen molar-refractivity contribution in [1.29, 1.82) is 0 Å². The highest BCUT2D eigenvalue weighted by Crippen LogP contribution is 2.21. The van der Waals surface area contributed by atoms with Gasteiger partial charge in [-0.15, -0.1) is 0 Å². The Morgan fingerprint density at radius 1 is 1.00 bits per heavy atom. The topological polar surface area (TPSA) is 66.4 Å². The molecule has 5 heteroatoms. The van der Waals surface area contributed by atoms with Crippen LogP contribution in [0.25, 0.3) is 0 Å². The van der Waals surface area contributed by atoms with E-state index in [2.05, 4.69) is 4.72 Å². The van der Waals surface area contributed by atoms with Crippen molar-refractivity contribution in [3.63, 3.8) is 0 Å². The molecule has 0 spiro atoms. The van der Waals surface area contributed by atoms with Gasteiger partial charge in [0.2, 0.25) is 10.0 Å². The lowest BCUT2D eigenvalue weighted by molar-refractivity contribution is 0.0565. The summed E-state index contributed by atoms with van der Waals surface area (Å²) in [7, 11) is -3.66. The van der Waals surface area contributed by atoms with E-state index in [-0.39, 0.29) is 11.4 Å². The summed E-state index contributed by atoms with van der Waals surface area (Å²) in [6.07, 6.45) is 1.17. The van der Waals surface area contributed by atoms with Crippen LogP contribution in [0.1, 0.15) is 35.6 Å². The maximum atomic E-state index is 12.6. The Balaban J connectivity index is 2.04. The summed E-state index contributed by atoms with van der Waals surface area (Å²) >= 11 is 0. The standard InChI is InChI=1S/C20H27NO3S/c1-15-12-17(3)19(13-16(15)2)25(23,24)21-14-20(4,22)11-10-18-8-6-5-7-9-18/h5-9,12-13,21-22H,10-11,14H2,1-4H3. The van der Waals surface area contributed by atoms with E-state index in [0.29, 0.717) is 18.4 Å². The quantitative estimate of drug-likeness (QED) is 0.795. The number of benzene rings is 2. The van der Waals surface area contributed by atoms with E-state index in [1.54, 1.807) is 19.9 Å². The Labute approximate surface area is 151 Å². The number of aryl methyl sites for hydroxylation is 4. The van der Waals surface area contributed by atoms with Crippen LogP contribution in [0.3, 0.4) is 0 Å². The summed E-state index contributed by atoms with van der Waals surface area (Å²) in [5.74, 6) is 0. The molecule has 0 heterocycles. The number of nitrogens with one attached hydrogen (secondary N) is 1. The van der Waals surface area contributed by atoms with Gasteiger partial charge in [0.25, 0.3) is 0 Å². The summed E-state index contributed by atoms with van der Waals surface area (Å²) in [6, 6.07) is 13.4. The minimum Gasteiger partial charge on any atom is -0.389 e. The van der Waals surface area contributed by atoms with Gasteiger partial charge in [-0.3, -0.25) is 0 Å². The van der Waals surface area contributed by atoms with E-state index in [1.807, 2.05) is 50.2 Å². The molecule has 1 unspecified atom stereocenters. The normalized spacial score (nSPS) is 14.3. The minimum absolute atomic E-state index is 0.0193. The molecule has 2 rings (SSSR count). The Morgan fingerprint density at radius 2 is 1.60 bits per heavy atom. The molecular formula is C20H27NO3S. The largest absolute Gasteiger partial charge is 0.389 e. The van der Waals surface area contributed by atoms with Crippen LogP contribution in [0.5, 0.6) is 0 Å². The monoisotopic (exact) mass is 361 g/mol. The van der Waals surface area contributed by atoms with Crippen LogP contribution in [0.4, 0.5) is 0 Å². The highest BCUT2D eigenvalue weighted by atomic mass is 32.2. The molecule has 0 aromatic heterocycles. The molecule has 0 aliphatic heterocycles. The fraction of sp³-hybridized carbons (Fsp3) is 0.400. The van der Waals surface area contributed by atoms with Crippen molar-refractivity contribution >= 4 is 10.0 Å². The van der Waals surface area contributed by atoms with E-state index in [0.717, 1.165) is 16.7 Å². The second-order valence-corrected chi connectivity index (χ2v) is 8.74. The summed E-state index contributed by atoms with van der Waals surface area (Å²) in [5, 5.41) is 10.5. The zero-order valence-corrected chi connectivity index (χ0v) is 16.2. The Bertz CT molecular complexity index is 828. The van der Waals surface area contributed by atoms with E-state index >= 15 is 0 Å². The molecule has 136 valence electrons. The van der Waals surface area contributed by atoms with Gasteiger partial charge < -0.3 is 5.11 Å². The Morgan fingerprint density at radius 3 is 2.24 bits per heavy atom. The Kier molecular flexibility index (Phi) is 6.03. The van der Waals surface area contributed by atoms with E-state index in [4.69, 9.17) is 0 Å². The van der Waals surface area contributed by atoms with Crippen LogP contribution in [-0.2, 0) is 16.4 Å². The molecule has 0 radical (unpaired) electrons. The number of sulfonamides is 1. The molecule has 25 heavy (non-hydrogen) atoms.